The van der Waals surface area contributed by atoms with Crippen LogP contribution in [0.4, 0.5) is 10.8 Å². The first-order chi connectivity index (χ1) is 15.1. The van der Waals surface area contributed by atoms with E-state index in [0.717, 1.165) is 16.9 Å². The summed E-state index contributed by atoms with van der Waals surface area (Å²) in [4.78, 5) is 31.0. The number of benzene rings is 2. The maximum Gasteiger partial charge on any atom is 0.279 e. The second-order valence-corrected chi connectivity index (χ2v) is 9.35. The van der Waals surface area contributed by atoms with Crippen LogP contribution < -0.4 is 21.0 Å². The summed E-state index contributed by atoms with van der Waals surface area (Å²) in [5.74, 6) is -0.992. The molecule has 13 heteroatoms. The fourth-order valence-electron chi connectivity index (χ4n) is 3.15. The van der Waals surface area contributed by atoms with Gasteiger partial charge in [0.2, 0.25) is 15.9 Å². The minimum atomic E-state index is -3.75. The third-order valence-electron chi connectivity index (χ3n) is 4.67. The number of nitrogens with one attached hydrogen (secondary N) is 1. The molecule has 2 aromatic carbocycles. The number of nitro benzene ring substituents is 1. The van der Waals surface area contributed by atoms with E-state index in [9.17, 15) is 28.4 Å². The minimum absolute atomic E-state index is 0.0212. The number of amides is 1. The zero-order chi connectivity index (χ0) is 23.0. The number of nitro groups is 1. The number of hydrogen-bond acceptors (Lipinski definition) is 9. The lowest BCUT2D eigenvalue weighted by atomic mass is 10.1. The number of thiazole rings is 1. The number of hydrogen-bond donors (Lipinski definition) is 3. The number of sulfonamides is 1. The van der Waals surface area contributed by atoms with Crippen LogP contribution >= 0.6 is 11.3 Å². The molecule has 11 nitrogen and oxygen atoms in total. The molecule has 0 radical (unpaired) electrons. The Morgan fingerprint density at radius 2 is 1.91 bits per heavy atom. The first-order valence-electron chi connectivity index (χ1n) is 9.11. The second-order valence-electron chi connectivity index (χ2n) is 6.79. The molecule has 1 aromatic heterocycles. The van der Waals surface area contributed by atoms with Gasteiger partial charge in [-0.15, -0.1) is 0 Å². The molecule has 0 fully saturated rings. The normalized spacial score (nSPS) is 13.0. The van der Waals surface area contributed by atoms with Crippen LogP contribution in [0.1, 0.15) is 10.4 Å². The summed E-state index contributed by atoms with van der Waals surface area (Å²) >= 11 is 1.02. The van der Waals surface area contributed by atoms with Crippen LogP contribution in [0.25, 0.3) is 5.57 Å². The Hall–Kier alpha value is -3.68. The molecule has 0 aliphatic carbocycles. The van der Waals surface area contributed by atoms with E-state index >= 15 is 0 Å². The summed E-state index contributed by atoms with van der Waals surface area (Å²) in [5, 5.41) is 30.4. The van der Waals surface area contributed by atoms with Gasteiger partial charge in [0.15, 0.2) is 5.13 Å². The fourth-order valence-corrected chi connectivity index (χ4v) is 4.60. The lowest BCUT2D eigenvalue weighted by Crippen LogP contribution is -2.23. The van der Waals surface area contributed by atoms with E-state index in [-0.39, 0.29) is 32.1 Å². The first kappa shape index (κ1) is 21.5. The molecule has 3 aromatic rings. The molecule has 0 atom stereocenters. The van der Waals surface area contributed by atoms with Crippen LogP contribution in [-0.4, -0.2) is 35.9 Å². The Morgan fingerprint density at radius 1 is 1.19 bits per heavy atom. The number of fused-ring (bicyclic) bond motifs is 1. The predicted molar refractivity (Wildman–Crippen MR) is 115 cm³/mol. The van der Waals surface area contributed by atoms with Gasteiger partial charge < -0.3 is 10.4 Å². The number of rotatable bonds is 7. The maximum atomic E-state index is 12.4. The highest BCUT2D eigenvalue weighted by Gasteiger charge is 2.26. The molecule has 0 spiro atoms. The van der Waals surface area contributed by atoms with Gasteiger partial charge >= 0.3 is 0 Å². The molecule has 164 valence electrons. The summed E-state index contributed by atoms with van der Waals surface area (Å²) < 4.78 is 22.6. The highest BCUT2D eigenvalue weighted by atomic mass is 32.2. The van der Waals surface area contributed by atoms with Crippen molar-refractivity contribution in [2.24, 2.45) is 10.1 Å². The number of nitrogens with two attached hydrogens (primary N) is 1. The maximum absolute atomic E-state index is 12.4. The molecule has 0 saturated carbocycles. The number of carbonyl (C=O) groups is 1. The smallest absolute Gasteiger partial charge is 0.279 e. The Labute approximate surface area is 184 Å². The van der Waals surface area contributed by atoms with Gasteiger partial charge in [-0.2, -0.15) is 4.98 Å². The van der Waals surface area contributed by atoms with Crippen LogP contribution in [-0.2, 0) is 21.2 Å². The van der Waals surface area contributed by atoms with Crippen LogP contribution in [0.2, 0.25) is 0 Å². The Balaban J connectivity index is 1.54. The van der Waals surface area contributed by atoms with Crippen LogP contribution in [0.5, 0.6) is 5.88 Å². The average molecular weight is 473 g/mol. The monoisotopic (exact) mass is 473 g/mol. The second kappa shape index (κ2) is 8.11. The fraction of sp³-hybridized carbons (Fsp3) is 0.105. The molecule has 1 aliphatic heterocycles. The van der Waals surface area contributed by atoms with E-state index in [2.05, 4.69) is 15.3 Å². The SMILES string of the molecule is NS(=O)(=O)c1ccc(CCNc2nc(O)c(C3=c4cc([N+](=O)[O-])ccc4=NC3=O)s2)cc1. The zero-order valence-corrected chi connectivity index (χ0v) is 17.8. The first-order valence-corrected chi connectivity index (χ1v) is 11.5. The Morgan fingerprint density at radius 3 is 2.56 bits per heavy atom. The molecule has 4 rings (SSSR count). The summed E-state index contributed by atoms with van der Waals surface area (Å²) in [7, 11) is -3.75. The number of carbonyl (C=O) groups excluding carboxylic acids is 1. The molecular formula is C19H15N5O6S2. The average Bonchev–Trinajstić information content (AvgIpc) is 3.25. The molecule has 1 amide bonds. The van der Waals surface area contributed by atoms with Crippen LogP contribution in [0.3, 0.4) is 0 Å². The zero-order valence-electron chi connectivity index (χ0n) is 16.2. The molecule has 1 aliphatic rings. The van der Waals surface area contributed by atoms with Crippen molar-refractivity contribution < 1.29 is 23.2 Å². The molecule has 0 unspecified atom stereocenters. The van der Waals surface area contributed by atoms with Crippen LogP contribution in [0.15, 0.2) is 52.4 Å². The van der Waals surface area contributed by atoms with E-state index in [1.54, 1.807) is 12.1 Å². The van der Waals surface area contributed by atoms with Gasteiger partial charge in [0.05, 0.1) is 20.7 Å². The molecule has 4 N–H and O–H groups in total. The number of primary sulfonamides is 1. The van der Waals surface area contributed by atoms with E-state index in [0.29, 0.717) is 23.5 Å². The Bertz CT molecular complexity index is 1480. The molecule has 2 heterocycles. The van der Waals surface area contributed by atoms with Gasteiger partial charge in [-0.3, -0.25) is 14.9 Å². The third-order valence-corrected chi connectivity index (χ3v) is 6.62. The quantitative estimate of drug-likeness (QED) is 0.326. The number of anilines is 1. The van der Waals surface area contributed by atoms with Crippen molar-refractivity contribution in [3.8, 4) is 5.88 Å². The number of aromatic nitrogens is 1. The van der Waals surface area contributed by atoms with E-state index in [4.69, 9.17) is 5.14 Å². The van der Waals surface area contributed by atoms with Crippen molar-refractivity contribution in [2.45, 2.75) is 11.3 Å². The van der Waals surface area contributed by atoms with Gasteiger partial charge in [-0.25, -0.2) is 18.5 Å². The van der Waals surface area contributed by atoms with Crippen molar-refractivity contribution >= 4 is 43.7 Å². The molecule has 32 heavy (non-hydrogen) atoms. The summed E-state index contributed by atoms with van der Waals surface area (Å²) in [6, 6.07) is 10.0. The minimum Gasteiger partial charge on any atom is -0.492 e. The van der Waals surface area contributed by atoms with Gasteiger partial charge in [-0.05, 0) is 30.2 Å². The predicted octanol–water partition coefficient (Wildman–Crippen LogP) is 0.418. The molecule has 0 bridgehead atoms. The Kier molecular flexibility index (Phi) is 5.46. The highest BCUT2D eigenvalue weighted by Crippen LogP contribution is 2.34. The van der Waals surface area contributed by atoms with Gasteiger partial charge in [0.25, 0.3) is 11.6 Å². The molecular weight excluding hydrogens is 458 g/mol. The summed E-state index contributed by atoms with van der Waals surface area (Å²) in [6.07, 6.45) is 0.528. The molecule has 0 saturated heterocycles. The number of nitrogens with zero attached hydrogens (tertiary/aromatic N) is 3. The van der Waals surface area contributed by atoms with Gasteiger partial charge in [0, 0.05) is 23.9 Å². The summed E-state index contributed by atoms with van der Waals surface area (Å²) in [5.41, 5.74) is 0.721. The topological polar surface area (TPSA) is 178 Å². The number of aromatic hydroxyl groups is 1. The highest BCUT2D eigenvalue weighted by molar-refractivity contribution is 7.89. The van der Waals surface area contributed by atoms with Gasteiger partial charge in [0.1, 0.15) is 4.88 Å². The third kappa shape index (κ3) is 4.21. The van der Waals surface area contributed by atoms with Crippen molar-refractivity contribution in [1.82, 2.24) is 4.98 Å². The van der Waals surface area contributed by atoms with E-state index in [1.807, 2.05) is 0 Å². The number of non-ortho nitro benzene ring substituents is 1. The van der Waals surface area contributed by atoms with Crippen LogP contribution in [0, 0.1) is 10.1 Å². The standard InChI is InChI=1S/C19H15N5O6S2/c20-32(29,30)12-4-1-10(2-5-12)7-8-21-19-23-18(26)16(31-19)15-13-9-11(24(27)28)3-6-14(13)22-17(15)25/h1-6,9,26H,7-8H2,(H,21,23)(H2,20,29,30). The lowest BCUT2D eigenvalue weighted by molar-refractivity contribution is -0.385. The largest absolute Gasteiger partial charge is 0.492 e. The van der Waals surface area contributed by atoms with Crippen molar-refractivity contribution in [1.29, 1.82) is 0 Å². The van der Waals surface area contributed by atoms with Crippen molar-refractivity contribution in [3.05, 3.63) is 73.6 Å². The lowest BCUT2D eigenvalue weighted by Gasteiger charge is -2.04. The summed E-state index contributed by atoms with van der Waals surface area (Å²) in [6.45, 7) is 0.414. The van der Waals surface area contributed by atoms with Gasteiger partial charge in [-0.1, -0.05) is 23.5 Å². The van der Waals surface area contributed by atoms with E-state index < -0.39 is 20.9 Å². The van der Waals surface area contributed by atoms with Crippen molar-refractivity contribution in [2.75, 3.05) is 11.9 Å². The van der Waals surface area contributed by atoms with Crippen molar-refractivity contribution in [3.63, 3.8) is 0 Å². The van der Waals surface area contributed by atoms with E-state index in [1.165, 1.54) is 30.3 Å².